The van der Waals surface area contributed by atoms with Gasteiger partial charge in [0.05, 0.1) is 7.05 Å². The molecule has 0 heterocycles. The summed E-state index contributed by atoms with van der Waals surface area (Å²) in [6, 6.07) is 0. The van der Waals surface area contributed by atoms with Crippen LogP contribution in [-0.2, 0) is 4.79 Å². The molecule has 2 nitrogen and oxygen atoms in total. The van der Waals surface area contributed by atoms with Gasteiger partial charge in [-0.25, -0.2) is 0 Å². The molecule has 0 bridgehead atoms. The Balaban J connectivity index is 4.24. The van der Waals surface area contributed by atoms with Crippen molar-refractivity contribution < 1.29 is 18.0 Å². The molecule has 0 aromatic heterocycles. The topological polar surface area (TPSA) is 29.1 Å². The molecular weight excluding hydrogens is 147 g/mol. The summed E-state index contributed by atoms with van der Waals surface area (Å²) in [6.45, 7) is 2.48. The first-order valence-corrected chi connectivity index (χ1v) is 2.16. The van der Waals surface area contributed by atoms with Crippen molar-refractivity contribution >= 4 is 5.91 Å². The van der Waals surface area contributed by atoms with Crippen molar-refractivity contribution in [3.8, 4) is 0 Å². The highest BCUT2D eigenvalue weighted by atomic mass is 19.4. The van der Waals surface area contributed by atoms with E-state index in [0.29, 0.717) is 0 Å². The van der Waals surface area contributed by atoms with Gasteiger partial charge in [0.1, 0.15) is 5.57 Å². The second kappa shape index (κ2) is 2.72. The second-order valence-corrected chi connectivity index (χ2v) is 1.45. The van der Waals surface area contributed by atoms with Crippen molar-refractivity contribution in [2.45, 2.75) is 6.18 Å². The summed E-state index contributed by atoms with van der Waals surface area (Å²) in [5.41, 5.74) is -1.50. The van der Waals surface area contributed by atoms with Gasteiger partial charge in [-0.2, -0.15) is 13.2 Å². The van der Waals surface area contributed by atoms with Crippen molar-refractivity contribution in [3.05, 3.63) is 19.2 Å². The molecule has 0 aliphatic heterocycles. The minimum atomic E-state index is -4.70. The summed E-state index contributed by atoms with van der Waals surface area (Å²) in [5, 5.41) is 1.31. The Hall–Kier alpha value is -1.00. The van der Waals surface area contributed by atoms with Gasteiger partial charge in [0.2, 0.25) is 0 Å². The van der Waals surface area contributed by atoms with Crippen molar-refractivity contribution in [2.24, 2.45) is 0 Å². The van der Waals surface area contributed by atoms with E-state index in [2.05, 4.69) is 13.6 Å². The Bertz CT molecular complexity index is 161. The van der Waals surface area contributed by atoms with Gasteiger partial charge in [-0.3, -0.25) is 4.79 Å². The molecular formula is C5H4F3NO. The molecule has 0 atom stereocenters. The van der Waals surface area contributed by atoms with Crippen LogP contribution >= 0.6 is 0 Å². The van der Waals surface area contributed by atoms with Crippen LogP contribution in [0.4, 0.5) is 13.2 Å². The Kier molecular flexibility index (Phi) is 2.45. The van der Waals surface area contributed by atoms with Crippen LogP contribution in [0, 0.1) is 7.05 Å². The van der Waals surface area contributed by atoms with Crippen LogP contribution in [0.25, 0.3) is 0 Å². The van der Waals surface area contributed by atoms with E-state index in [1.165, 1.54) is 5.32 Å². The Morgan fingerprint density at radius 2 is 1.90 bits per heavy atom. The maximum atomic E-state index is 11.5. The molecule has 0 aromatic carbocycles. The average Bonchev–Trinajstić information content (AvgIpc) is 1.83. The number of nitrogens with one attached hydrogen (secondary N) is 1. The largest absolute Gasteiger partial charge is 0.421 e. The van der Waals surface area contributed by atoms with Crippen molar-refractivity contribution in [1.29, 1.82) is 0 Å². The first kappa shape index (κ1) is 9.00. The predicted octanol–water partition coefficient (Wildman–Crippen LogP) is 0.890. The first-order chi connectivity index (χ1) is 4.39. The lowest BCUT2D eigenvalue weighted by Crippen LogP contribution is -2.26. The standard InChI is InChI=1S/C5H4F3NO/c1-3(4(10)9-2)5(6,7)8/h2H,1H2,(H,9,10). The molecule has 5 heteroatoms. The molecule has 10 heavy (non-hydrogen) atoms. The highest BCUT2D eigenvalue weighted by Gasteiger charge is 2.36. The number of amides is 1. The Morgan fingerprint density at radius 1 is 1.50 bits per heavy atom. The molecule has 1 amide bonds. The lowest BCUT2D eigenvalue weighted by molar-refractivity contribution is -0.129. The normalized spacial score (nSPS) is 10.8. The van der Waals surface area contributed by atoms with Crippen molar-refractivity contribution in [2.75, 3.05) is 0 Å². The van der Waals surface area contributed by atoms with Crippen LogP contribution in [0.3, 0.4) is 0 Å². The highest BCUT2D eigenvalue weighted by molar-refractivity contribution is 5.94. The summed E-state index contributed by atoms with van der Waals surface area (Å²) in [7, 11) is 4.41. The molecule has 1 N–H and O–H groups in total. The highest BCUT2D eigenvalue weighted by Crippen LogP contribution is 2.23. The smallest absolute Gasteiger partial charge is 0.345 e. The Labute approximate surface area is 55.7 Å². The third kappa shape index (κ3) is 2.08. The van der Waals surface area contributed by atoms with Gasteiger partial charge in [0.25, 0.3) is 5.91 Å². The van der Waals surface area contributed by atoms with Gasteiger partial charge in [0, 0.05) is 0 Å². The monoisotopic (exact) mass is 151 g/mol. The maximum Gasteiger partial charge on any atom is 0.421 e. The van der Waals surface area contributed by atoms with Gasteiger partial charge < -0.3 is 5.32 Å². The number of carbonyl (C=O) groups excluding carboxylic acids is 1. The summed E-state index contributed by atoms with van der Waals surface area (Å²) in [6.07, 6.45) is -4.70. The zero-order chi connectivity index (χ0) is 8.36. The molecule has 0 aliphatic rings. The van der Waals surface area contributed by atoms with Crippen LogP contribution in [0.5, 0.6) is 0 Å². The molecule has 0 saturated heterocycles. The van der Waals surface area contributed by atoms with Gasteiger partial charge in [-0.15, -0.1) is 0 Å². The van der Waals surface area contributed by atoms with Crippen LogP contribution < -0.4 is 5.32 Å². The second-order valence-electron chi connectivity index (χ2n) is 1.45. The molecule has 56 valence electrons. The SMILES string of the molecule is [CH]NC(=O)C(=C)C(F)(F)F. The summed E-state index contributed by atoms with van der Waals surface area (Å²) in [5.74, 6) is -1.42. The van der Waals surface area contributed by atoms with Gasteiger partial charge in [0.15, 0.2) is 0 Å². The first-order valence-electron chi connectivity index (χ1n) is 2.16. The van der Waals surface area contributed by atoms with E-state index in [-0.39, 0.29) is 0 Å². The maximum absolute atomic E-state index is 11.5. The fraction of sp³-hybridized carbons (Fsp3) is 0.200. The van der Waals surface area contributed by atoms with Crippen LogP contribution in [0.15, 0.2) is 12.2 Å². The fourth-order valence-corrected chi connectivity index (χ4v) is 0.216. The van der Waals surface area contributed by atoms with Crippen LogP contribution in [0.1, 0.15) is 0 Å². The van der Waals surface area contributed by atoms with E-state index in [1.807, 2.05) is 0 Å². The quantitative estimate of drug-likeness (QED) is 0.437. The van der Waals surface area contributed by atoms with E-state index in [9.17, 15) is 18.0 Å². The van der Waals surface area contributed by atoms with E-state index in [1.54, 1.807) is 0 Å². The zero-order valence-corrected chi connectivity index (χ0v) is 4.83. The average molecular weight is 151 g/mol. The minimum Gasteiger partial charge on any atom is -0.345 e. The van der Waals surface area contributed by atoms with E-state index in [4.69, 9.17) is 0 Å². The van der Waals surface area contributed by atoms with Crippen molar-refractivity contribution in [3.63, 3.8) is 0 Å². The van der Waals surface area contributed by atoms with E-state index in [0.717, 1.165) is 0 Å². The lowest BCUT2D eigenvalue weighted by Gasteiger charge is -2.06. The number of hydrogen-bond donors (Lipinski definition) is 1. The molecule has 0 rings (SSSR count). The fourth-order valence-electron chi connectivity index (χ4n) is 0.216. The van der Waals surface area contributed by atoms with Crippen LogP contribution in [0.2, 0.25) is 0 Å². The van der Waals surface area contributed by atoms with E-state index >= 15 is 0 Å². The van der Waals surface area contributed by atoms with Gasteiger partial charge in [-0.1, -0.05) is 6.58 Å². The molecule has 0 unspecified atom stereocenters. The number of hydrogen-bond acceptors (Lipinski definition) is 1. The molecule has 0 spiro atoms. The molecule has 0 aromatic rings. The van der Waals surface area contributed by atoms with Gasteiger partial charge in [-0.05, 0) is 0 Å². The zero-order valence-electron chi connectivity index (χ0n) is 4.83. The number of rotatable bonds is 1. The number of carbonyl (C=O) groups is 1. The minimum absolute atomic E-state index is 1.31. The molecule has 0 saturated carbocycles. The van der Waals surface area contributed by atoms with Crippen LogP contribution in [-0.4, -0.2) is 12.1 Å². The van der Waals surface area contributed by atoms with Crippen molar-refractivity contribution in [1.82, 2.24) is 5.32 Å². The van der Waals surface area contributed by atoms with Gasteiger partial charge >= 0.3 is 6.18 Å². The third-order valence-electron chi connectivity index (χ3n) is 0.747. The Morgan fingerprint density at radius 3 is 2.00 bits per heavy atom. The summed E-state index contributed by atoms with van der Waals surface area (Å²) in [4.78, 5) is 10.1. The lowest BCUT2D eigenvalue weighted by atomic mass is 10.3. The summed E-state index contributed by atoms with van der Waals surface area (Å²) >= 11 is 0. The summed E-state index contributed by atoms with van der Waals surface area (Å²) < 4.78 is 34.4. The molecule has 2 radical (unpaired) electrons. The predicted molar refractivity (Wildman–Crippen MR) is 27.6 cm³/mol. The molecule has 0 aliphatic carbocycles. The third-order valence-corrected chi connectivity index (χ3v) is 0.747. The number of halogens is 3. The molecule has 0 fully saturated rings. The van der Waals surface area contributed by atoms with E-state index < -0.39 is 17.7 Å². The number of alkyl halides is 3.